The van der Waals surface area contributed by atoms with Crippen molar-refractivity contribution in [1.82, 2.24) is 14.5 Å². The molecule has 0 aliphatic heterocycles. The van der Waals surface area contributed by atoms with Crippen LogP contribution in [0.5, 0.6) is 0 Å². The summed E-state index contributed by atoms with van der Waals surface area (Å²) in [6.45, 7) is 2.70. The van der Waals surface area contributed by atoms with Crippen molar-refractivity contribution in [3.8, 4) is 0 Å². The zero-order valence-corrected chi connectivity index (χ0v) is 10.7. The summed E-state index contributed by atoms with van der Waals surface area (Å²) in [5.74, 6) is 0. The molecular weight excluding hydrogens is 240 g/mol. The van der Waals surface area contributed by atoms with Crippen molar-refractivity contribution in [2.75, 3.05) is 6.54 Å². The van der Waals surface area contributed by atoms with E-state index in [0.717, 1.165) is 19.3 Å². The highest BCUT2D eigenvalue weighted by atomic mass is 32.2. The average Bonchev–Trinajstić information content (AvgIpc) is 3.00. The van der Waals surface area contributed by atoms with Crippen LogP contribution in [0.4, 0.5) is 0 Å². The van der Waals surface area contributed by atoms with Gasteiger partial charge in [0.25, 0.3) is 10.0 Å². The first-order chi connectivity index (χ1) is 8.11. The van der Waals surface area contributed by atoms with E-state index in [2.05, 4.69) is 10.2 Å². The minimum atomic E-state index is -3.46. The molecule has 1 saturated carbocycles. The van der Waals surface area contributed by atoms with E-state index in [-0.39, 0.29) is 17.6 Å². The molecule has 0 aromatic carbocycles. The van der Waals surface area contributed by atoms with Gasteiger partial charge in [-0.05, 0) is 19.3 Å². The molecule has 2 rings (SSSR count). The molecule has 1 aromatic heterocycles. The number of H-pyrrole nitrogens is 1. The Morgan fingerprint density at radius 1 is 1.59 bits per heavy atom. The maximum absolute atomic E-state index is 12.4. The smallest absolute Gasteiger partial charge is 0.260 e. The van der Waals surface area contributed by atoms with E-state index in [1.807, 2.05) is 6.92 Å². The SMILES string of the molecule is CCCN(C1CC1)S(=O)(=O)c1[nH]ncc1CN. The highest BCUT2D eigenvalue weighted by Crippen LogP contribution is 2.32. The van der Waals surface area contributed by atoms with E-state index in [4.69, 9.17) is 5.73 Å². The van der Waals surface area contributed by atoms with Crippen LogP contribution in [0.1, 0.15) is 31.7 Å². The van der Waals surface area contributed by atoms with Gasteiger partial charge in [-0.3, -0.25) is 5.10 Å². The molecule has 1 aromatic rings. The number of hydrogen-bond acceptors (Lipinski definition) is 4. The first-order valence-electron chi connectivity index (χ1n) is 5.85. The first-order valence-corrected chi connectivity index (χ1v) is 7.29. The number of nitrogens with one attached hydrogen (secondary N) is 1. The zero-order valence-electron chi connectivity index (χ0n) is 9.89. The molecule has 0 unspecified atom stereocenters. The Bertz CT molecular complexity index is 478. The highest BCUT2D eigenvalue weighted by molar-refractivity contribution is 7.89. The Balaban J connectivity index is 2.33. The fraction of sp³-hybridized carbons (Fsp3) is 0.700. The molecule has 0 spiro atoms. The molecule has 96 valence electrons. The van der Waals surface area contributed by atoms with Crippen LogP contribution in [-0.4, -0.2) is 35.5 Å². The summed E-state index contributed by atoms with van der Waals surface area (Å²) in [5, 5.41) is 6.48. The van der Waals surface area contributed by atoms with E-state index in [1.165, 1.54) is 6.20 Å². The van der Waals surface area contributed by atoms with Gasteiger partial charge < -0.3 is 5.73 Å². The van der Waals surface area contributed by atoms with Gasteiger partial charge >= 0.3 is 0 Å². The molecule has 7 heteroatoms. The van der Waals surface area contributed by atoms with Crippen LogP contribution in [0.25, 0.3) is 0 Å². The van der Waals surface area contributed by atoms with Gasteiger partial charge in [0, 0.05) is 24.7 Å². The van der Waals surface area contributed by atoms with Crippen LogP contribution in [0.3, 0.4) is 0 Å². The van der Waals surface area contributed by atoms with Crippen molar-refractivity contribution in [2.45, 2.75) is 43.8 Å². The van der Waals surface area contributed by atoms with Crippen molar-refractivity contribution in [3.05, 3.63) is 11.8 Å². The third-order valence-corrected chi connectivity index (χ3v) is 4.83. The maximum Gasteiger partial charge on any atom is 0.260 e. The average molecular weight is 258 g/mol. The molecule has 1 aliphatic rings. The molecule has 1 heterocycles. The Hall–Kier alpha value is -0.920. The van der Waals surface area contributed by atoms with E-state index in [0.29, 0.717) is 12.1 Å². The lowest BCUT2D eigenvalue weighted by molar-refractivity contribution is 0.401. The van der Waals surface area contributed by atoms with Crippen molar-refractivity contribution in [3.63, 3.8) is 0 Å². The normalized spacial score (nSPS) is 16.6. The molecule has 3 N–H and O–H groups in total. The lowest BCUT2D eigenvalue weighted by Crippen LogP contribution is -2.34. The fourth-order valence-electron chi connectivity index (χ4n) is 1.87. The number of rotatable bonds is 6. The van der Waals surface area contributed by atoms with E-state index >= 15 is 0 Å². The standard InChI is InChI=1S/C10H18N4O2S/c1-2-5-14(9-3-4-9)17(15,16)10-8(6-11)7-12-13-10/h7,9H,2-6,11H2,1H3,(H,12,13). The van der Waals surface area contributed by atoms with Gasteiger partial charge in [-0.1, -0.05) is 6.92 Å². The highest BCUT2D eigenvalue weighted by Gasteiger charge is 2.38. The summed E-state index contributed by atoms with van der Waals surface area (Å²) in [6.07, 6.45) is 4.18. The third kappa shape index (κ3) is 2.36. The Morgan fingerprint density at radius 2 is 2.29 bits per heavy atom. The van der Waals surface area contributed by atoms with Crippen molar-refractivity contribution in [2.24, 2.45) is 5.73 Å². The Labute approximate surface area is 101 Å². The van der Waals surface area contributed by atoms with Gasteiger partial charge in [0.1, 0.15) is 0 Å². The van der Waals surface area contributed by atoms with E-state index in [9.17, 15) is 8.42 Å². The molecule has 17 heavy (non-hydrogen) atoms. The third-order valence-electron chi connectivity index (χ3n) is 2.86. The zero-order chi connectivity index (χ0) is 12.5. The van der Waals surface area contributed by atoms with Gasteiger partial charge in [0.05, 0.1) is 6.20 Å². The molecule has 1 aliphatic carbocycles. The lowest BCUT2D eigenvalue weighted by atomic mass is 10.4. The number of sulfonamides is 1. The summed E-state index contributed by atoms with van der Waals surface area (Å²) < 4.78 is 26.5. The van der Waals surface area contributed by atoms with Crippen LogP contribution in [-0.2, 0) is 16.6 Å². The monoisotopic (exact) mass is 258 g/mol. The summed E-state index contributed by atoms with van der Waals surface area (Å²) in [7, 11) is -3.46. The molecule has 0 amide bonds. The second kappa shape index (κ2) is 4.75. The summed E-state index contributed by atoms with van der Waals surface area (Å²) in [6, 6.07) is 0.161. The molecule has 1 fully saturated rings. The number of nitrogens with two attached hydrogens (primary N) is 1. The van der Waals surface area contributed by atoms with Crippen LogP contribution in [0, 0.1) is 0 Å². The van der Waals surface area contributed by atoms with Crippen LogP contribution < -0.4 is 5.73 Å². The molecule has 6 nitrogen and oxygen atoms in total. The van der Waals surface area contributed by atoms with Gasteiger partial charge in [0.15, 0.2) is 5.03 Å². The van der Waals surface area contributed by atoms with Crippen LogP contribution >= 0.6 is 0 Å². The number of nitrogens with zero attached hydrogens (tertiary/aromatic N) is 2. The fourth-order valence-corrected chi connectivity index (χ4v) is 3.76. The predicted molar refractivity (Wildman–Crippen MR) is 63.7 cm³/mol. The topological polar surface area (TPSA) is 92.1 Å². The summed E-state index contributed by atoms with van der Waals surface area (Å²) in [5.41, 5.74) is 6.06. The van der Waals surface area contributed by atoms with Gasteiger partial charge in [-0.2, -0.15) is 9.40 Å². The van der Waals surface area contributed by atoms with E-state index in [1.54, 1.807) is 4.31 Å². The van der Waals surface area contributed by atoms with E-state index < -0.39 is 10.0 Å². The van der Waals surface area contributed by atoms with Crippen LogP contribution in [0.15, 0.2) is 11.2 Å². The first kappa shape index (κ1) is 12.5. The van der Waals surface area contributed by atoms with Crippen molar-refractivity contribution < 1.29 is 8.42 Å². The summed E-state index contributed by atoms with van der Waals surface area (Å²) in [4.78, 5) is 0. The minimum absolute atomic E-state index is 0.153. The van der Waals surface area contributed by atoms with Crippen molar-refractivity contribution >= 4 is 10.0 Å². The molecule has 0 bridgehead atoms. The van der Waals surface area contributed by atoms with Gasteiger partial charge in [-0.25, -0.2) is 8.42 Å². The largest absolute Gasteiger partial charge is 0.326 e. The Morgan fingerprint density at radius 3 is 2.82 bits per heavy atom. The Kier molecular flexibility index (Phi) is 3.50. The second-order valence-electron chi connectivity index (χ2n) is 4.28. The second-order valence-corrected chi connectivity index (χ2v) is 6.10. The number of aromatic amines is 1. The quantitative estimate of drug-likeness (QED) is 0.774. The van der Waals surface area contributed by atoms with Crippen molar-refractivity contribution in [1.29, 1.82) is 0 Å². The minimum Gasteiger partial charge on any atom is -0.326 e. The molecular formula is C10H18N4O2S. The van der Waals surface area contributed by atoms with Gasteiger partial charge in [0.2, 0.25) is 0 Å². The van der Waals surface area contributed by atoms with Gasteiger partial charge in [-0.15, -0.1) is 0 Å². The molecule has 0 saturated heterocycles. The molecule has 0 atom stereocenters. The van der Waals surface area contributed by atoms with Crippen LogP contribution in [0.2, 0.25) is 0 Å². The number of aromatic nitrogens is 2. The number of hydrogen-bond donors (Lipinski definition) is 2. The maximum atomic E-state index is 12.4. The summed E-state index contributed by atoms with van der Waals surface area (Å²) >= 11 is 0. The molecule has 0 radical (unpaired) electrons. The predicted octanol–water partition coefficient (Wildman–Crippen LogP) is 0.432. The lowest BCUT2D eigenvalue weighted by Gasteiger charge is -2.20.